The van der Waals surface area contributed by atoms with Gasteiger partial charge in [-0.25, -0.2) is 9.59 Å². The molecular weight excluding hydrogens is 594 g/mol. The molecule has 1 unspecified atom stereocenters. The summed E-state index contributed by atoms with van der Waals surface area (Å²) in [6, 6.07) is 8.93. The first kappa shape index (κ1) is 32.1. The number of nitrogens with two attached hydrogens (primary N) is 1. The zero-order valence-electron chi connectivity index (χ0n) is 21.4. The Morgan fingerprint density at radius 2 is 1.61 bits per heavy atom. The highest BCUT2D eigenvalue weighted by atomic mass is 35.5. The van der Waals surface area contributed by atoms with Crippen LogP contribution in [0.2, 0.25) is 10.0 Å². The molecule has 2 heterocycles. The largest absolute Gasteiger partial charge is 0.506 e. The molecule has 16 heteroatoms. The second-order valence-corrected chi connectivity index (χ2v) is 10.3. The van der Waals surface area contributed by atoms with E-state index in [4.69, 9.17) is 38.8 Å². The number of phenols is 1. The number of carboxylic acids is 1. The molecule has 2 aromatic carbocycles. The number of carbonyl (C=O) groups excluding carboxylic acids is 2. The lowest BCUT2D eigenvalue weighted by Gasteiger charge is -2.34. The van der Waals surface area contributed by atoms with E-state index in [1.54, 1.807) is 24.3 Å². The van der Waals surface area contributed by atoms with Gasteiger partial charge in [-0.2, -0.15) is 13.2 Å². The third kappa shape index (κ3) is 8.76. The molecule has 0 aliphatic carbocycles. The van der Waals surface area contributed by atoms with Gasteiger partial charge in [0.2, 0.25) is 0 Å². The van der Waals surface area contributed by atoms with Crippen molar-refractivity contribution in [1.29, 1.82) is 0 Å². The fourth-order valence-electron chi connectivity index (χ4n) is 4.52. The Kier molecular flexibility index (Phi) is 10.5. The number of piperidine rings is 1. The van der Waals surface area contributed by atoms with E-state index in [1.807, 2.05) is 9.80 Å². The van der Waals surface area contributed by atoms with Gasteiger partial charge in [-0.15, -0.1) is 0 Å². The Labute approximate surface area is 242 Å². The van der Waals surface area contributed by atoms with Crippen molar-refractivity contribution in [2.24, 2.45) is 5.73 Å². The van der Waals surface area contributed by atoms with Crippen LogP contribution in [0.25, 0.3) is 0 Å². The third-order valence-corrected chi connectivity index (χ3v) is 7.07. The number of aliphatic hydroxyl groups is 1. The Balaban J connectivity index is 0.000000587. The molecule has 2 saturated heterocycles. The first-order valence-corrected chi connectivity index (χ1v) is 13.0. The number of carbonyl (C=O) groups is 3. The second-order valence-electron chi connectivity index (χ2n) is 9.43. The number of nitrogens with one attached hydrogen (secondary N) is 2. The fraction of sp³-hybridized carbons (Fsp3) is 0.400. The van der Waals surface area contributed by atoms with Crippen LogP contribution in [0.4, 0.5) is 29.3 Å². The quantitative estimate of drug-likeness (QED) is 0.276. The van der Waals surface area contributed by atoms with Crippen molar-refractivity contribution in [2.75, 3.05) is 36.4 Å². The van der Waals surface area contributed by atoms with Gasteiger partial charge < -0.3 is 41.5 Å². The predicted octanol–water partition coefficient (Wildman–Crippen LogP) is 3.27. The molecule has 2 aromatic rings. The average Bonchev–Trinajstić information content (AvgIpc) is 3.25. The van der Waals surface area contributed by atoms with Crippen molar-refractivity contribution in [1.82, 2.24) is 10.2 Å². The number of hydrogen-bond acceptors (Lipinski definition) is 7. The van der Waals surface area contributed by atoms with E-state index in [1.165, 1.54) is 12.1 Å². The van der Waals surface area contributed by atoms with Crippen LogP contribution in [-0.4, -0.2) is 88.7 Å². The SMILES string of the molecule is NC(=O)Nc1cc(Cl)c(O)cc1N1CC(NC2CCN(C(=O)c3ccc(Cl)cc3)CC2)[C@H](O)C1.O=C(O)C(F)(F)F. The van der Waals surface area contributed by atoms with Gasteiger partial charge in [0.05, 0.1) is 28.5 Å². The minimum Gasteiger partial charge on any atom is -0.506 e. The van der Waals surface area contributed by atoms with Crippen LogP contribution in [0, 0.1) is 0 Å². The molecular formula is C25H28Cl2F3N5O6. The summed E-state index contributed by atoms with van der Waals surface area (Å²) in [5, 5.41) is 34.6. The minimum absolute atomic E-state index is 0.0146. The number of β-amino-alcohol motifs (C(OH)–C–C–N with tert-alkyl or cyclic N) is 1. The van der Waals surface area contributed by atoms with E-state index in [9.17, 15) is 33.0 Å². The van der Waals surface area contributed by atoms with E-state index in [0.29, 0.717) is 48.1 Å². The minimum atomic E-state index is -5.08. The standard InChI is InChI=1S/C23H27Cl2N5O4.C2HF3O2/c24-14-3-1-13(2-4-14)22(33)29-7-5-15(6-8-29)27-18-11-30(12-21(18)32)19-10-20(31)16(25)9-17(19)28-23(26)34;3-2(4,5)1(6)7/h1-4,9-10,15,18,21,27,31-32H,5-8,11-12H2,(H3,26,28,34);(H,6,7)/t18?,21-;/m1./s1. The number of halogens is 5. The van der Waals surface area contributed by atoms with Crippen molar-refractivity contribution < 1.29 is 42.9 Å². The molecule has 2 aliphatic rings. The number of urea groups is 1. The fourth-order valence-corrected chi connectivity index (χ4v) is 4.81. The summed E-state index contributed by atoms with van der Waals surface area (Å²) < 4.78 is 31.7. The van der Waals surface area contributed by atoms with Gasteiger partial charge in [0.1, 0.15) is 5.75 Å². The highest BCUT2D eigenvalue weighted by Crippen LogP contribution is 2.37. The van der Waals surface area contributed by atoms with Crippen LogP contribution < -0.4 is 21.3 Å². The summed E-state index contributed by atoms with van der Waals surface area (Å²) in [6.45, 7) is 1.99. The van der Waals surface area contributed by atoms with Crippen LogP contribution >= 0.6 is 23.2 Å². The maximum absolute atomic E-state index is 12.7. The van der Waals surface area contributed by atoms with Gasteiger partial charge in [0.25, 0.3) is 5.91 Å². The molecule has 2 aliphatic heterocycles. The van der Waals surface area contributed by atoms with Crippen LogP contribution in [0.1, 0.15) is 23.2 Å². The molecule has 11 nitrogen and oxygen atoms in total. The number of rotatable bonds is 5. The van der Waals surface area contributed by atoms with Crippen LogP contribution in [0.3, 0.4) is 0 Å². The molecule has 4 rings (SSSR count). The Morgan fingerprint density at radius 1 is 1.02 bits per heavy atom. The average molecular weight is 622 g/mol. The summed E-state index contributed by atoms with van der Waals surface area (Å²) in [7, 11) is 0. The molecule has 3 amide bonds. The van der Waals surface area contributed by atoms with Gasteiger partial charge in [-0.05, 0) is 43.2 Å². The summed E-state index contributed by atoms with van der Waals surface area (Å²) in [4.78, 5) is 36.7. The molecule has 2 fully saturated rings. The Bertz CT molecular complexity index is 1260. The summed E-state index contributed by atoms with van der Waals surface area (Å²) in [5.74, 6) is -2.90. The van der Waals surface area contributed by atoms with Gasteiger partial charge in [-0.1, -0.05) is 23.2 Å². The number of benzene rings is 2. The highest BCUT2D eigenvalue weighted by molar-refractivity contribution is 6.32. The van der Waals surface area contributed by atoms with Crippen LogP contribution in [0.15, 0.2) is 36.4 Å². The van der Waals surface area contributed by atoms with E-state index in [2.05, 4.69) is 10.6 Å². The molecule has 224 valence electrons. The summed E-state index contributed by atoms with van der Waals surface area (Å²) in [5.41, 5.74) is 6.76. The number of aromatic hydroxyl groups is 1. The lowest BCUT2D eigenvalue weighted by molar-refractivity contribution is -0.192. The number of primary amides is 1. The number of hydrogen-bond donors (Lipinski definition) is 6. The molecule has 0 aromatic heterocycles. The molecule has 41 heavy (non-hydrogen) atoms. The van der Waals surface area contributed by atoms with Crippen molar-refractivity contribution in [3.63, 3.8) is 0 Å². The number of likely N-dealkylation sites (tertiary alicyclic amines) is 1. The monoisotopic (exact) mass is 621 g/mol. The summed E-state index contributed by atoms with van der Waals surface area (Å²) in [6.07, 6.45) is -4.22. The lowest BCUT2D eigenvalue weighted by atomic mass is 10.0. The highest BCUT2D eigenvalue weighted by Gasteiger charge is 2.38. The molecule has 0 saturated carbocycles. The number of amides is 3. The first-order valence-electron chi connectivity index (χ1n) is 12.3. The van der Waals surface area contributed by atoms with E-state index in [0.717, 1.165) is 12.8 Å². The van der Waals surface area contributed by atoms with Crippen molar-refractivity contribution in [3.8, 4) is 5.75 Å². The molecule has 0 spiro atoms. The van der Waals surface area contributed by atoms with Gasteiger partial charge >= 0.3 is 18.2 Å². The Morgan fingerprint density at radius 3 is 2.15 bits per heavy atom. The van der Waals surface area contributed by atoms with Crippen molar-refractivity contribution in [2.45, 2.75) is 37.2 Å². The number of carboxylic acid groups (broad SMARTS) is 1. The zero-order valence-corrected chi connectivity index (χ0v) is 22.9. The Hall–Kier alpha value is -3.46. The topological polar surface area (TPSA) is 168 Å². The number of aliphatic hydroxyl groups excluding tert-OH is 1. The second kappa shape index (κ2) is 13.5. The first-order chi connectivity index (χ1) is 19.1. The molecule has 2 atom stereocenters. The van der Waals surface area contributed by atoms with Gasteiger partial charge in [0, 0.05) is 48.9 Å². The van der Waals surface area contributed by atoms with Gasteiger partial charge in [-0.3, -0.25) is 4.79 Å². The molecule has 7 N–H and O–H groups in total. The lowest BCUT2D eigenvalue weighted by Crippen LogP contribution is -2.50. The van der Waals surface area contributed by atoms with Crippen LogP contribution in [0.5, 0.6) is 5.75 Å². The van der Waals surface area contributed by atoms with E-state index < -0.39 is 24.3 Å². The van der Waals surface area contributed by atoms with Crippen molar-refractivity contribution in [3.05, 3.63) is 52.0 Å². The number of phenolic OH excluding ortho intramolecular Hbond substituents is 1. The number of anilines is 2. The van der Waals surface area contributed by atoms with Crippen LogP contribution in [-0.2, 0) is 4.79 Å². The number of nitrogens with zero attached hydrogens (tertiary/aromatic N) is 2. The number of aliphatic carboxylic acids is 1. The summed E-state index contributed by atoms with van der Waals surface area (Å²) >= 11 is 11.9. The predicted molar refractivity (Wildman–Crippen MR) is 146 cm³/mol. The molecule has 0 radical (unpaired) electrons. The zero-order chi connectivity index (χ0) is 30.5. The smallest absolute Gasteiger partial charge is 0.490 e. The maximum Gasteiger partial charge on any atom is 0.490 e. The molecule has 0 bridgehead atoms. The van der Waals surface area contributed by atoms with Gasteiger partial charge in [0.15, 0.2) is 0 Å². The maximum atomic E-state index is 12.7. The number of alkyl halides is 3. The third-order valence-electron chi connectivity index (χ3n) is 6.52. The van der Waals surface area contributed by atoms with E-state index in [-0.39, 0.29) is 28.8 Å². The van der Waals surface area contributed by atoms with E-state index >= 15 is 0 Å². The van der Waals surface area contributed by atoms with Crippen molar-refractivity contribution >= 4 is 52.5 Å². The normalized spacial score (nSPS) is 19.4.